The van der Waals surface area contributed by atoms with Crippen LogP contribution in [0.5, 0.6) is 0 Å². The largest absolute Gasteiger partial charge is 0.444 e. The zero-order chi connectivity index (χ0) is 19.9. The van der Waals surface area contributed by atoms with Gasteiger partial charge in [-0.1, -0.05) is 12.8 Å². The van der Waals surface area contributed by atoms with Gasteiger partial charge in [-0.3, -0.25) is 0 Å². The smallest absolute Gasteiger partial charge is 0.410 e. The second kappa shape index (κ2) is 9.53. The van der Waals surface area contributed by atoms with Gasteiger partial charge in [-0.2, -0.15) is 0 Å². The molecule has 1 N–H and O–H groups in total. The highest BCUT2D eigenvalue weighted by atomic mass is 16.6. The van der Waals surface area contributed by atoms with Crippen molar-refractivity contribution in [2.24, 2.45) is 5.92 Å². The van der Waals surface area contributed by atoms with Crippen molar-refractivity contribution >= 4 is 17.7 Å². The van der Waals surface area contributed by atoms with Crippen LogP contribution in [0.15, 0.2) is 18.2 Å². The summed E-state index contributed by atoms with van der Waals surface area (Å²) in [7, 11) is 0. The molecule has 1 amide bonds. The van der Waals surface area contributed by atoms with Gasteiger partial charge in [0.05, 0.1) is 0 Å². The predicted octanol–water partition coefficient (Wildman–Crippen LogP) is 4.22. The minimum absolute atomic E-state index is 0.142. The molecular formula is C19H30N4O4. The Kier molecular flexibility index (Phi) is 7.38. The Hall–Kier alpha value is -2.38. The fourth-order valence-electron chi connectivity index (χ4n) is 3.13. The lowest BCUT2D eigenvalue weighted by Gasteiger charge is -2.33. The number of rotatable bonds is 7. The lowest BCUT2D eigenvalue weighted by Crippen LogP contribution is -2.41. The Morgan fingerprint density at radius 2 is 2.04 bits per heavy atom. The predicted molar refractivity (Wildman–Crippen MR) is 104 cm³/mol. The third kappa shape index (κ3) is 7.40. The number of unbranched alkanes of at least 4 members (excludes halogenated alkanes) is 1. The number of hydrogen-bond donors (Lipinski definition) is 1. The summed E-state index contributed by atoms with van der Waals surface area (Å²) in [5.74, 6) is 1.03. The zero-order valence-electron chi connectivity index (χ0n) is 16.4. The summed E-state index contributed by atoms with van der Waals surface area (Å²) in [5, 5.41) is 13.9. The van der Waals surface area contributed by atoms with Crippen LogP contribution in [0.4, 0.5) is 16.4 Å². The number of nitrogens with one attached hydrogen (secondary N) is 1. The van der Waals surface area contributed by atoms with Gasteiger partial charge in [-0.05, 0) is 61.9 Å². The number of carbonyl (C=O) groups is 1. The van der Waals surface area contributed by atoms with Gasteiger partial charge in [0.25, 0.3) is 0 Å². The van der Waals surface area contributed by atoms with E-state index in [0.29, 0.717) is 11.7 Å². The highest BCUT2D eigenvalue weighted by Gasteiger charge is 2.26. The summed E-state index contributed by atoms with van der Waals surface area (Å²) < 4.78 is 5.42. The third-order valence-corrected chi connectivity index (χ3v) is 4.53. The number of pyridine rings is 1. The molecule has 0 atom stereocenters. The molecule has 2 rings (SSSR count). The average molecular weight is 378 g/mol. The Morgan fingerprint density at radius 3 is 2.67 bits per heavy atom. The second-order valence-electron chi connectivity index (χ2n) is 7.97. The van der Waals surface area contributed by atoms with Crippen molar-refractivity contribution in [3.05, 3.63) is 28.3 Å². The van der Waals surface area contributed by atoms with E-state index in [4.69, 9.17) is 4.74 Å². The van der Waals surface area contributed by atoms with E-state index in [-0.39, 0.29) is 11.9 Å². The van der Waals surface area contributed by atoms with Crippen LogP contribution in [0.3, 0.4) is 0 Å². The molecule has 0 spiro atoms. The number of nitrogens with zero attached hydrogens (tertiary/aromatic N) is 3. The monoisotopic (exact) mass is 378 g/mol. The van der Waals surface area contributed by atoms with E-state index in [2.05, 4.69) is 10.3 Å². The molecule has 150 valence electrons. The van der Waals surface area contributed by atoms with E-state index >= 15 is 0 Å². The molecule has 27 heavy (non-hydrogen) atoms. The normalized spacial score (nSPS) is 15.4. The van der Waals surface area contributed by atoms with Crippen LogP contribution in [0.1, 0.15) is 52.9 Å². The van der Waals surface area contributed by atoms with Gasteiger partial charge in [0.2, 0.25) is 5.82 Å². The van der Waals surface area contributed by atoms with Crippen LogP contribution < -0.4 is 5.32 Å². The summed E-state index contributed by atoms with van der Waals surface area (Å²) in [6.45, 7) is 7.91. The number of aromatic nitrogens is 1. The summed E-state index contributed by atoms with van der Waals surface area (Å²) in [4.78, 5) is 28.1. The number of amides is 1. The van der Waals surface area contributed by atoms with Gasteiger partial charge in [-0.25, -0.2) is 4.79 Å². The molecule has 0 saturated carbocycles. The maximum Gasteiger partial charge on any atom is 0.410 e. The molecule has 1 fully saturated rings. The van der Waals surface area contributed by atoms with Crippen LogP contribution in [0.2, 0.25) is 0 Å². The number of anilines is 1. The summed E-state index contributed by atoms with van der Waals surface area (Å²) in [6, 6.07) is 4.75. The number of ether oxygens (including phenoxy) is 1. The standard InChI is InChI=1S/C19H30N4O4/c1-19(2,3)27-18(24)22-13-10-15(11-14-22)7-4-5-12-20-16-8-6-9-17(21-16)23(25)26/h6,8-9,15H,4-5,7,10-14H2,1-3H3,(H,20,21). The Balaban J connectivity index is 1.60. The first-order chi connectivity index (χ1) is 12.7. The van der Waals surface area contributed by atoms with Crippen molar-refractivity contribution in [2.75, 3.05) is 25.0 Å². The van der Waals surface area contributed by atoms with Gasteiger partial charge in [-0.15, -0.1) is 0 Å². The molecule has 8 heteroatoms. The minimum Gasteiger partial charge on any atom is -0.444 e. The van der Waals surface area contributed by atoms with Crippen molar-refractivity contribution in [2.45, 2.75) is 58.5 Å². The molecule has 2 heterocycles. The molecule has 0 radical (unpaired) electrons. The van der Waals surface area contributed by atoms with Gasteiger partial charge >= 0.3 is 11.9 Å². The first-order valence-electron chi connectivity index (χ1n) is 9.58. The number of nitro groups is 1. The number of likely N-dealkylation sites (tertiary alicyclic amines) is 1. The van der Waals surface area contributed by atoms with E-state index in [9.17, 15) is 14.9 Å². The van der Waals surface area contributed by atoms with Crippen molar-refractivity contribution in [3.8, 4) is 0 Å². The summed E-state index contributed by atoms with van der Waals surface area (Å²) in [5.41, 5.74) is -0.449. The molecule has 0 aromatic carbocycles. The molecule has 0 bridgehead atoms. The zero-order valence-corrected chi connectivity index (χ0v) is 16.4. The highest BCUT2D eigenvalue weighted by molar-refractivity contribution is 5.68. The number of carbonyl (C=O) groups excluding carboxylic acids is 1. The van der Waals surface area contributed by atoms with Gasteiger partial charge in [0.15, 0.2) is 0 Å². The van der Waals surface area contributed by atoms with Crippen molar-refractivity contribution in [3.63, 3.8) is 0 Å². The summed E-state index contributed by atoms with van der Waals surface area (Å²) in [6.07, 6.45) is 5.01. The molecular weight excluding hydrogens is 348 g/mol. The molecule has 1 aliphatic heterocycles. The van der Waals surface area contributed by atoms with Crippen LogP contribution in [-0.2, 0) is 4.74 Å². The van der Waals surface area contributed by atoms with E-state index in [1.807, 2.05) is 20.8 Å². The van der Waals surface area contributed by atoms with Gasteiger partial charge < -0.3 is 25.1 Å². The molecule has 0 aliphatic carbocycles. The van der Waals surface area contributed by atoms with Crippen LogP contribution in [-0.4, -0.2) is 46.1 Å². The molecule has 1 saturated heterocycles. The average Bonchev–Trinajstić information content (AvgIpc) is 2.60. The first-order valence-corrected chi connectivity index (χ1v) is 9.58. The molecule has 8 nitrogen and oxygen atoms in total. The van der Waals surface area contributed by atoms with Gasteiger partial charge in [0.1, 0.15) is 5.60 Å². The van der Waals surface area contributed by atoms with E-state index < -0.39 is 10.5 Å². The third-order valence-electron chi connectivity index (χ3n) is 4.53. The van der Waals surface area contributed by atoms with Crippen molar-refractivity contribution < 1.29 is 14.5 Å². The maximum absolute atomic E-state index is 12.1. The fourth-order valence-corrected chi connectivity index (χ4v) is 3.13. The maximum atomic E-state index is 12.1. The van der Waals surface area contributed by atoms with Crippen LogP contribution in [0.25, 0.3) is 0 Å². The van der Waals surface area contributed by atoms with Crippen molar-refractivity contribution in [1.29, 1.82) is 0 Å². The molecule has 1 aromatic heterocycles. The molecule has 0 unspecified atom stereocenters. The molecule has 1 aromatic rings. The van der Waals surface area contributed by atoms with Gasteiger partial charge in [0, 0.05) is 31.8 Å². The Labute approximate surface area is 160 Å². The quantitative estimate of drug-likeness (QED) is 0.433. The van der Waals surface area contributed by atoms with Crippen LogP contribution in [0, 0.1) is 16.0 Å². The fraction of sp³-hybridized carbons (Fsp3) is 0.684. The number of piperidine rings is 1. The Morgan fingerprint density at radius 1 is 1.33 bits per heavy atom. The second-order valence-corrected chi connectivity index (χ2v) is 7.97. The van der Waals surface area contributed by atoms with Crippen LogP contribution >= 0.6 is 0 Å². The number of hydrogen-bond acceptors (Lipinski definition) is 6. The molecule has 1 aliphatic rings. The van der Waals surface area contributed by atoms with E-state index in [1.54, 1.807) is 17.0 Å². The van der Waals surface area contributed by atoms with E-state index in [1.165, 1.54) is 6.07 Å². The van der Waals surface area contributed by atoms with E-state index in [0.717, 1.165) is 51.7 Å². The SMILES string of the molecule is CC(C)(C)OC(=O)N1CCC(CCCCNc2cccc([N+](=O)[O-])n2)CC1. The topological polar surface area (TPSA) is 97.6 Å². The summed E-state index contributed by atoms with van der Waals surface area (Å²) >= 11 is 0. The lowest BCUT2D eigenvalue weighted by molar-refractivity contribution is -0.389. The Bertz CT molecular complexity index is 637. The van der Waals surface area contributed by atoms with Crippen molar-refractivity contribution in [1.82, 2.24) is 9.88 Å². The highest BCUT2D eigenvalue weighted by Crippen LogP contribution is 2.24. The first kappa shape index (κ1) is 20.9. The lowest BCUT2D eigenvalue weighted by atomic mass is 9.92. The minimum atomic E-state index is -0.491.